The average molecular weight is 395 g/mol. The molecule has 0 aliphatic carbocycles. The highest BCUT2D eigenvalue weighted by Gasteiger charge is 2.15. The van der Waals surface area contributed by atoms with E-state index in [9.17, 15) is 9.59 Å². The van der Waals surface area contributed by atoms with Crippen molar-refractivity contribution in [2.45, 2.75) is 18.7 Å². The van der Waals surface area contributed by atoms with Gasteiger partial charge in [0.25, 0.3) is 5.91 Å². The van der Waals surface area contributed by atoms with Crippen molar-refractivity contribution >= 4 is 35.1 Å². The number of aryl methyl sites for hydroxylation is 3. The van der Waals surface area contributed by atoms with Gasteiger partial charge in [-0.3, -0.25) is 14.3 Å². The summed E-state index contributed by atoms with van der Waals surface area (Å²) in [6.45, 7) is 3.86. The van der Waals surface area contributed by atoms with E-state index in [4.69, 9.17) is 0 Å². The Morgan fingerprint density at radius 1 is 1.04 bits per heavy atom. The van der Waals surface area contributed by atoms with Crippen molar-refractivity contribution in [3.05, 3.63) is 71.4 Å². The van der Waals surface area contributed by atoms with Gasteiger partial charge in [-0.25, -0.2) is 0 Å². The second-order valence-electron chi connectivity index (χ2n) is 6.45. The molecule has 0 aliphatic rings. The first-order valence-corrected chi connectivity index (χ1v) is 9.81. The Morgan fingerprint density at radius 2 is 1.75 bits per heavy atom. The van der Waals surface area contributed by atoms with Gasteiger partial charge in [0.05, 0.1) is 17.0 Å². The monoisotopic (exact) mass is 394 g/mol. The predicted octanol–water partition coefficient (Wildman–Crippen LogP) is 4.02. The van der Waals surface area contributed by atoms with E-state index < -0.39 is 0 Å². The Labute approximate surface area is 168 Å². The molecule has 2 N–H and O–H groups in total. The number of aromatic nitrogens is 2. The van der Waals surface area contributed by atoms with Crippen molar-refractivity contribution in [2.75, 3.05) is 16.4 Å². The zero-order valence-corrected chi connectivity index (χ0v) is 16.8. The highest BCUT2D eigenvalue weighted by atomic mass is 32.2. The van der Waals surface area contributed by atoms with Gasteiger partial charge in [0.1, 0.15) is 5.82 Å². The molecule has 1 aromatic heterocycles. The van der Waals surface area contributed by atoms with Gasteiger partial charge < -0.3 is 10.6 Å². The Kier molecular flexibility index (Phi) is 6.16. The molecule has 0 bridgehead atoms. The summed E-state index contributed by atoms with van der Waals surface area (Å²) >= 11 is 1.33. The van der Waals surface area contributed by atoms with Crippen LogP contribution in [-0.4, -0.2) is 27.3 Å². The van der Waals surface area contributed by atoms with E-state index in [0.717, 1.165) is 21.8 Å². The van der Waals surface area contributed by atoms with Crippen molar-refractivity contribution in [1.29, 1.82) is 0 Å². The molecule has 3 rings (SSSR count). The fraction of sp³-hybridized carbons (Fsp3) is 0.190. The molecule has 1 heterocycles. The van der Waals surface area contributed by atoms with Gasteiger partial charge in [-0.1, -0.05) is 29.8 Å². The molecule has 0 unspecified atom stereocenters. The van der Waals surface area contributed by atoms with Crippen molar-refractivity contribution in [3.8, 4) is 0 Å². The summed E-state index contributed by atoms with van der Waals surface area (Å²) < 4.78 is 1.62. The van der Waals surface area contributed by atoms with Crippen LogP contribution in [0.5, 0.6) is 0 Å². The minimum atomic E-state index is -0.231. The fourth-order valence-corrected chi connectivity index (χ4v) is 3.52. The minimum absolute atomic E-state index is 0.119. The molecular weight excluding hydrogens is 372 g/mol. The lowest BCUT2D eigenvalue weighted by Gasteiger charge is -2.10. The van der Waals surface area contributed by atoms with Crippen LogP contribution in [-0.2, 0) is 11.8 Å². The molecule has 2 amide bonds. The summed E-state index contributed by atoms with van der Waals surface area (Å²) in [4.78, 5) is 25.7. The van der Waals surface area contributed by atoms with Gasteiger partial charge in [0.2, 0.25) is 5.91 Å². The molecule has 0 radical (unpaired) electrons. The number of benzene rings is 2. The van der Waals surface area contributed by atoms with E-state index in [-0.39, 0.29) is 17.6 Å². The van der Waals surface area contributed by atoms with E-state index >= 15 is 0 Å². The summed E-state index contributed by atoms with van der Waals surface area (Å²) in [6, 6.07) is 16.7. The molecule has 0 spiro atoms. The Balaban J connectivity index is 1.64. The molecule has 2 aromatic carbocycles. The van der Waals surface area contributed by atoms with Gasteiger partial charge in [-0.05, 0) is 38.1 Å². The summed E-state index contributed by atoms with van der Waals surface area (Å²) in [5, 5.41) is 9.96. The molecule has 144 valence electrons. The first-order valence-electron chi connectivity index (χ1n) is 8.83. The van der Waals surface area contributed by atoms with Gasteiger partial charge in [0.15, 0.2) is 0 Å². The van der Waals surface area contributed by atoms with Crippen LogP contribution < -0.4 is 10.6 Å². The summed E-state index contributed by atoms with van der Waals surface area (Å²) in [5.41, 5.74) is 3.24. The Bertz CT molecular complexity index is 996. The third-order valence-electron chi connectivity index (χ3n) is 4.07. The molecular formula is C21H22N4O2S. The van der Waals surface area contributed by atoms with Crippen LogP contribution in [0.3, 0.4) is 0 Å². The number of hydrogen-bond acceptors (Lipinski definition) is 4. The van der Waals surface area contributed by atoms with Crippen LogP contribution >= 0.6 is 11.8 Å². The van der Waals surface area contributed by atoms with Gasteiger partial charge in [-0.15, -0.1) is 11.8 Å². The number of anilines is 2. The summed E-state index contributed by atoms with van der Waals surface area (Å²) in [6.07, 6.45) is 0. The van der Waals surface area contributed by atoms with E-state index in [2.05, 4.69) is 15.7 Å². The second kappa shape index (κ2) is 8.75. The highest BCUT2D eigenvalue weighted by Crippen LogP contribution is 2.24. The van der Waals surface area contributed by atoms with Gasteiger partial charge >= 0.3 is 0 Å². The predicted molar refractivity (Wildman–Crippen MR) is 113 cm³/mol. The molecule has 0 saturated heterocycles. The van der Waals surface area contributed by atoms with Gasteiger partial charge in [-0.2, -0.15) is 5.10 Å². The molecule has 7 heteroatoms. The minimum Gasteiger partial charge on any atom is -0.325 e. The fourth-order valence-electron chi connectivity index (χ4n) is 2.67. The number of thioether (sulfide) groups is 1. The number of hydrogen-bond donors (Lipinski definition) is 2. The number of carbonyl (C=O) groups excluding carboxylic acids is 2. The van der Waals surface area contributed by atoms with Crippen LogP contribution in [0.2, 0.25) is 0 Å². The topological polar surface area (TPSA) is 76.0 Å². The lowest BCUT2D eigenvalue weighted by atomic mass is 10.2. The van der Waals surface area contributed by atoms with Gasteiger partial charge in [0, 0.05) is 23.7 Å². The van der Waals surface area contributed by atoms with Crippen LogP contribution in [0.4, 0.5) is 11.5 Å². The van der Waals surface area contributed by atoms with Crippen molar-refractivity contribution in [3.63, 3.8) is 0 Å². The summed E-state index contributed by atoms with van der Waals surface area (Å²) in [5.74, 6) is 0.485. The lowest BCUT2D eigenvalue weighted by Crippen LogP contribution is -2.17. The number of nitrogens with zero attached hydrogens (tertiary/aromatic N) is 2. The van der Waals surface area contributed by atoms with Crippen LogP contribution in [0, 0.1) is 13.8 Å². The maximum atomic E-state index is 12.7. The standard InChI is InChI=1S/C21H22N4O2S/c1-14-8-10-16(11-9-14)22-20(26)13-28-18-7-5-4-6-17(18)21(27)23-19-12-15(2)24-25(19)3/h4-12H,13H2,1-3H3,(H,22,26)(H,23,27). The van der Waals surface area contributed by atoms with E-state index in [1.807, 2.05) is 56.3 Å². The van der Waals surface area contributed by atoms with E-state index in [1.165, 1.54) is 11.8 Å². The molecule has 0 atom stereocenters. The Hall–Kier alpha value is -3.06. The average Bonchev–Trinajstić information content (AvgIpc) is 2.99. The maximum Gasteiger partial charge on any atom is 0.257 e. The molecule has 28 heavy (non-hydrogen) atoms. The molecule has 0 saturated carbocycles. The number of carbonyl (C=O) groups is 2. The Morgan fingerprint density at radius 3 is 2.43 bits per heavy atom. The first-order chi connectivity index (χ1) is 13.4. The van der Waals surface area contributed by atoms with Crippen molar-refractivity contribution in [1.82, 2.24) is 9.78 Å². The molecule has 3 aromatic rings. The normalized spacial score (nSPS) is 10.5. The molecule has 0 fully saturated rings. The summed E-state index contributed by atoms with van der Waals surface area (Å²) in [7, 11) is 1.78. The third kappa shape index (κ3) is 5.01. The molecule has 0 aliphatic heterocycles. The highest BCUT2D eigenvalue weighted by molar-refractivity contribution is 8.00. The lowest BCUT2D eigenvalue weighted by molar-refractivity contribution is -0.113. The quantitative estimate of drug-likeness (QED) is 0.619. The third-order valence-corrected chi connectivity index (χ3v) is 5.14. The van der Waals surface area contributed by atoms with Crippen molar-refractivity contribution < 1.29 is 9.59 Å². The van der Waals surface area contributed by atoms with Crippen LogP contribution in [0.15, 0.2) is 59.5 Å². The maximum absolute atomic E-state index is 12.7. The van der Waals surface area contributed by atoms with E-state index in [0.29, 0.717) is 11.4 Å². The number of rotatable bonds is 6. The molecule has 6 nitrogen and oxygen atoms in total. The number of amides is 2. The largest absolute Gasteiger partial charge is 0.325 e. The number of nitrogens with one attached hydrogen (secondary N) is 2. The van der Waals surface area contributed by atoms with Crippen LogP contribution in [0.25, 0.3) is 0 Å². The SMILES string of the molecule is Cc1ccc(NC(=O)CSc2ccccc2C(=O)Nc2cc(C)nn2C)cc1. The first kappa shape index (κ1) is 19.7. The zero-order chi connectivity index (χ0) is 20.1. The second-order valence-corrected chi connectivity index (χ2v) is 7.46. The smallest absolute Gasteiger partial charge is 0.257 e. The van der Waals surface area contributed by atoms with Crippen molar-refractivity contribution in [2.24, 2.45) is 7.05 Å². The zero-order valence-electron chi connectivity index (χ0n) is 16.0. The van der Waals surface area contributed by atoms with E-state index in [1.54, 1.807) is 23.9 Å². The van der Waals surface area contributed by atoms with Crippen LogP contribution in [0.1, 0.15) is 21.6 Å².